The Balaban J connectivity index is 3.16. The van der Waals surface area contributed by atoms with Gasteiger partial charge >= 0.3 is 0 Å². The number of alkyl halides is 1. The molecule has 1 aromatic rings. The third kappa shape index (κ3) is 3.20. The molecule has 0 fully saturated rings. The summed E-state index contributed by atoms with van der Waals surface area (Å²) in [5.74, 6) is -0.607. The smallest absolute Gasteiger partial charge is 0.193 e. The minimum atomic E-state index is -3.50. The minimum Gasteiger partial charge on any atom is -0.292 e. The fourth-order valence-electron chi connectivity index (χ4n) is 1.01. The van der Waals surface area contributed by atoms with E-state index in [1.807, 2.05) is 0 Å². The van der Waals surface area contributed by atoms with Crippen LogP contribution in [0.5, 0.6) is 0 Å². The van der Waals surface area contributed by atoms with Gasteiger partial charge in [0, 0.05) is 16.8 Å². The fraction of sp³-hybridized carbons (Fsp3) is 0.222. The van der Waals surface area contributed by atoms with E-state index in [4.69, 9.17) is 23.2 Å². The van der Waals surface area contributed by atoms with E-state index in [9.17, 15) is 13.2 Å². The van der Waals surface area contributed by atoms with Gasteiger partial charge in [-0.05, 0) is 18.2 Å². The van der Waals surface area contributed by atoms with Crippen molar-refractivity contribution in [1.82, 2.24) is 0 Å². The van der Waals surface area contributed by atoms with Crippen molar-refractivity contribution in [2.45, 2.75) is 4.16 Å². The van der Waals surface area contributed by atoms with E-state index in [0.29, 0.717) is 5.02 Å². The molecule has 0 aliphatic rings. The van der Waals surface area contributed by atoms with Crippen LogP contribution >= 0.6 is 39.1 Å². The van der Waals surface area contributed by atoms with Crippen LogP contribution in [-0.2, 0) is 9.84 Å². The zero-order chi connectivity index (χ0) is 12.5. The number of carbonyl (C=O) groups is 1. The average Bonchev–Trinajstić information content (AvgIpc) is 2.14. The standard InChI is InChI=1S/C9H7BrCl2O3S/c1-16(14,15)9(10)8(13)6-3-2-5(11)4-7(6)12/h2-4,9H,1H3. The first-order valence-corrected chi connectivity index (χ1v) is 7.68. The minimum absolute atomic E-state index is 0.123. The van der Waals surface area contributed by atoms with Crippen molar-refractivity contribution in [3.05, 3.63) is 33.8 Å². The Hall–Kier alpha value is -0.100. The van der Waals surface area contributed by atoms with Gasteiger partial charge in [-0.15, -0.1) is 0 Å². The molecule has 16 heavy (non-hydrogen) atoms. The molecule has 3 nitrogen and oxygen atoms in total. The first-order chi connectivity index (χ1) is 7.23. The summed E-state index contributed by atoms with van der Waals surface area (Å²) in [5.41, 5.74) is 0.123. The lowest BCUT2D eigenvalue weighted by Crippen LogP contribution is -2.23. The molecule has 0 radical (unpaired) electrons. The van der Waals surface area contributed by atoms with E-state index in [2.05, 4.69) is 15.9 Å². The quantitative estimate of drug-likeness (QED) is 0.625. The highest BCUT2D eigenvalue weighted by atomic mass is 79.9. The van der Waals surface area contributed by atoms with Crippen molar-refractivity contribution in [3.63, 3.8) is 0 Å². The van der Waals surface area contributed by atoms with Crippen LogP contribution in [-0.4, -0.2) is 24.6 Å². The second kappa shape index (κ2) is 5.04. The number of sulfone groups is 1. The molecule has 0 amide bonds. The van der Waals surface area contributed by atoms with Crippen LogP contribution in [0.2, 0.25) is 10.0 Å². The average molecular weight is 346 g/mol. The normalized spacial score (nSPS) is 13.5. The first kappa shape index (κ1) is 14.0. The van der Waals surface area contributed by atoms with Crippen LogP contribution in [0.25, 0.3) is 0 Å². The maximum Gasteiger partial charge on any atom is 0.193 e. The largest absolute Gasteiger partial charge is 0.292 e. The van der Waals surface area contributed by atoms with Crippen LogP contribution in [0.4, 0.5) is 0 Å². The fourth-order valence-corrected chi connectivity index (χ4v) is 2.27. The molecule has 0 bridgehead atoms. The van der Waals surface area contributed by atoms with E-state index >= 15 is 0 Å². The summed E-state index contributed by atoms with van der Waals surface area (Å²) in [4.78, 5) is 11.8. The maximum atomic E-state index is 11.8. The topological polar surface area (TPSA) is 51.2 Å². The number of Topliss-reactive ketones (excluding diaryl/α,β-unsaturated/α-hetero) is 1. The number of halogens is 3. The number of rotatable bonds is 3. The van der Waals surface area contributed by atoms with Gasteiger partial charge in [0.2, 0.25) is 0 Å². The highest BCUT2D eigenvalue weighted by Gasteiger charge is 2.28. The van der Waals surface area contributed by atoms with E-state index < -0.39 is 19.8 Å². The summed E-state index contributed by atoms with van der Waals surface area (Å²) >= 11 is 14.3. The Morgan fingerprint density at radius 1 is 1.38 bits per heavy atom. The number of hydrogen-bond acceptors (Lipinski definition) is 3. The molecule has 0 aliphatic heterocycles. The SMILES string of the molecule is CS(=O)(=O)C(Br)C(=O)c1ccc(Cl)cc1Cl. The van der Waals surface area contributed by atoms with Crippen molar-refractivity contribution >= 4 is 54.8 Å². The highest BCUT2D eigenvalue weighted by molar-refractivity contribution is 9.11. The second-order valence-corrected chi connectivity index (χ2v) is 7.63. The van der Waals surface area contributed by atoms with Gasteiger partial charge in [0.15, 0.2) is 19.8 Å². The van der Waals surface area contributed by atoms with Crippen LogP contribution in [0.15, 0.2) is 18.2 Å². The molecular weight excluding hydrogens is 339 g/mol. The van der Waals surface area contributed by atoms with Crippen LogP contribution in [0.3, 0.4) is 0 Å². The lowest BCUT2D eigenvalue weighted by Gasteiger charge is -2.08. The third-order valence-corrected chi connectivity index (χ3v) is 5.75. The summed E-state index contributed by atoms with van der Waals surface area (Å²) in [7, 11) is -3.50. The molecule has 1 unspecified atom stereocenters. The molecule has 7 heteroatoms. The van der Waals surface area contributed by atoms with Gasteiger partial charge in [0.1, 0.15) is 0 Å². The Kier molecular flexibility index (Phi) is 4.40. The van der Waals surface area contributed by atoms with Gasteiger partial charge < -0.3 is 0 Å². The Morgan fingerprint density at radius 2 is 1.94 bits per heavy atom. The molecule has 0 saturated carbocycles. The van der Waals surface area contributed by atoms with Gasteiger partial charge in [0.05, 0.1) is 5.02 Å². The van der Waals surface area contributed by atoms with Gasteiger partial charge in [0.25, 0.3) is 0 Å². The molecule has 0 N–H and O–H groups in total. The predicted molar refractivity (Wildman–Crippen MR) is 68.4 cm³/mol. The summed E-state index contributed by atoms with van der Waals surface area (Å²) in [6.07, 6.45) is 0.966. The van der Waals surface area contributed by atoms with Crippen molar-refractivity contribution in [3.8, 4) is 0 Å². The summed E-state index contributed by atoms with van der Waals surface area (Å²) < 4.78 is 21.1. The lowest BCUT2D eigenvalue weighted by molar-refractivity contribution is 0.101. The van der Waals surface area contributed by atoms with E-state index in [-0.39, 0.29) is 10.6 Å². The first-order valence-electron chi connectivity index (χ1n) is 4.05. The molecule has 1 aromatic carbocycles. The zero-order valence-electron chi connectivity index (χ0n) is 8.08. The summed E-state index contributed by atoms with van der Waals surface area (Å²) in [5, 5.41) is 0.512. The van der Waals surface area contributed by atoms with Gasteiger partial charge in [-0.25, -0.2) is 8.42 Å². The van der Waals surface area contributed by atoms with E-state index in [1.165, 1.54) is 18.2 Å². The maximum absolute atomic E-state index is 11.8. The van der Waals surface area contributed by atoms with Crippen LogP contribution in [0.1, 0.15) is 10.4 Å². The van der Waals surface area contributed by atoms with E-state index in [1.54, 1.807) is 0 Å². The molecule has 88 valence electrons. The van der Waals surface area contributed by atoms with Crippen molar-refractivity contribution in [2.24, 2.45) is 0 Å². The van der Waals surface area contributed by atoms with Crippen molar-refractivity contribution in [1.29, 1.82) is 0 Å². The van der Waals surface area contributed by atoms with Gasteiger partial charge in [-0.2, -0.15) is 0 Å². The summed E-state index contributed by atoms with van der Waals surface area (Å²) in [6.45, 7) is 0. The molecular formula is C9H7BrCl2O3S. The molecule has 1 rings (SSSR count). The molecule has 0 heterocycles. The predicted octanol–water partition coefficient (Wildman–Crippen LogP) is 2.94. The molecule has 0 aliphatic carbocycles. The van der Waals surface area contributed by atoms with Crippen molar-refractivity contribution < 1.29 is 13.2 Å². The number of benzene rings is 1. The third-order valence-electron chi connectivity index (χ3n) is 1.78. The number of ketones is 1. The summed E-state index contributed by atoms with van der Waals surface area (Å²) in [6, 6.07) is 4.26. The number of carbonyl (C=O) groups excluding carboxylic acids is 1. The Labute approximate surface area is 112 Å². The highest BCUT2D eigenvalue weighted by Crippen LogP contribution is 2.25. The van der Waals surface area contributed by atoms with Gasteiger partial charge in [-0.1, -0.05) is 39.1 Å². The lowest BCUT2D eigenvalue weighted by atomic mass is 10.1. The molecule has 0 spiro atoms. The monoisotopic (exact) mass is 344 g/mol. The number of hydrogen-bond donors (Lipinski definition) is 0. The second-order valence-electron chi connectivity index (χ2n) is 3.13. The van der Waals surface area contributed by atoms with E-state index in [0.717, 1.165) is 6.26 Å². The molecule has 1 atom stereocenters. The van der Waals surface area contributed by atoms with Crippen LogP contribution in [0, 0.1) is 0 Å². The van der Waals surface area contributed by atoms with Crippen LogP contribution < -0.4 is 0 Å². The Morgan fingerprint density at radius 3 is 2.38 bits per heavy atom. The van der Waals surface area contributed by atoms with Crippen molar-refractivity contribution in [2.75, 3.05) is 6.26 Å². The molecule has 0 aromatic heterocycles. The zero-order valence-corrected chi connectivity index (χ0v) is 12.0. The molecule has 0 saturated heterocycles. The Bertz CT molecular complexity index is 528. The van der Waals surface area contributed by atoms with Gasteiger partial charge in [-0.3, -0.25) is 4.79 Å².